The van der Waals surface area contributed by atoms with Gasteiger partial charge in [0.2, 0.25) is 0 Å². The Kier molecular flexibility index (Phi) is 5.36. The zero-order valence-corrected chi connectivity index (χ0v) is 13.2. The predicted molar refractivity (Wildman–Crippen MR) is 85.0 cm³/mol. The molecule has 3 aliphatic heterocycles. The molecular formula is C17H33N3. The molecule has 0 bridgehead atoms. The summed E-state index contributed by atoms with van der Waals surface area (Å²) in [6.45, 7) is 6.10. The van der Waals surface area contributed by atoms with Crippen molar-refractivity contribution in [2.45, 2.75) is 76.4 Å². The van der Waals surface area contributed by atoms with E-state index >= 15 is 0 Å². The van der Waals surface area contributed by atoms with Gasteiger partial charge in [0.15, 0.2) is 0 Å². The van der Waals surface area contributed by atoms with Crippen molar-refractivity contribution >= 4 is 0 Å². The molecule has 3 fully saturated rings. The minimum atomic E-state index is 0.772. The molecule has 20 heavy (non-hydrogen) atoms. The highest BCUT2D eigenvalue weighted by Crippen LogP contribution is 2.25. The SMILES string of the molecule is C[C@H]1CCC(CC2CCC(CC3CCCN3)CN2)NC1. The summed E-state index contributed by atoms with van der Waals surface area (Å²) in [6.07, 6.45) is 11.2. The second kappa shape index (κ2) is 7.24. The van der Waals surface area contributed by atoms with Crippen LogP contribution < -0.4 is 16.0 Å². The third kappa shape index (κ3) is 4.19. The van der Waals surface area contributed by atoms with Crippen LogP contribution in [-0.2, 0) is 0 Å². The predicted octanol–water partition coefficient (Wildman–Crippen LogP) is 2.27. The van der Waals surface area contributed by atoms with Crippen LogP contribution in [0, 0.1) is 11.8 Å². The minimum Gasteiger partial charge on any atom is -0.314 e. The molecule has 0 aromatic heterocycles. The molecule has 0 aromatic rings. The lowest BCUT2D eigenvalue weighted by Crippen LogP contribution is -2.46. The average molecular weight is 279 g/mol. The van der Waals surface area contributed by atoms with Crippen LogP contribution in [0.2, 0.25) is 0 Å². The molecule has 3 heterocycles. The van der Waals surface area contributed by atoms with E-state index in [4.69, 9.17) is 0 Å². The molecule has 116 valence electrons. The Labute approximate surface area is 124 Å². The van der Waals surface area contributed by atoms with Crippen LogP contribution in [0.1, 0.15) is 58.3 Å². The Morgan fingerprint density at radius 1 is 0.750 bits per heavy atom. The van der Waals surface area contributed by atoms with Crippen LogP contribution in [0.25, 0.3) is 0 Å². The van der Waals surface area contributed by atoms with E-state index in [-0.39, 0.29) is 0 Å². The van der Waals surface area contributed by atoms with Crippen LogP contribution in [0.5, 0.6) is 0 Å². The summed E-state index contributed by atoms with van der Waals surface area (Å²) in [7, 11) is 0. The lowest BCUT2D eigenvalue weighted by molar-refractivity contribution is 0.234. The fourth-order valence-corrected chi connectivity index (χ4v) is 4.34. The fourth-order valence-electron chi connectivity index (χ4n) is 4.34. The summed E-state index contributed by atoms with van der Waals surface area (Å²) in [6, 6.07) is 2.37. The molecule has 0 spiro atoms. The summed E-state index contributed by atoms with van der Waals surface area (Å²) in [5.41, 5.74) is 0. The summed E-state index contributed by atoms with van der Waals surface area (Å²) < 4.78 is 0. The third-order valence-corrected chi connectivity index (χ3v) is 5.73. The zero-order chi connectivity index (χ0) is 13.8. The van der Waals surface area contributed by atoms with Gasteiger partial charge in [0, 0.05) is 18.1 Å². The van der Waals surface area contributed by atoms with Gasteiger partial charge in [-0.25, -0.2) is 0 Å². The standard InChI is InChI=1S/C17H33N3/c1-13-4-6-16(19-11-13)10-17-7-5-14(12-20-17)9-15-3-2-8-18-15/h13-20H,2-12H2,1H3/t13-,14?,15?,16?,17?/m0/s1. The molecule has 0 aliphatic carbocycles. The number of rotatable bonds is 4. The first-order chi connectivity index (χ1) is 9.79. The van der Waals surface area contributed by atoms with Crippen molar-refractivity contribution in [2.24, 2.45) is 11.8 Å². The fraction of sp³-hybridized carbons (Fsp3) is 1.00. The molecule has 3 nitrogen and oxygen atoms in total. The van der Waals surface area contributed by atoms with Crippen LogP contribution in [-0.4, -0.2) is 37.8 Å². The van der Waals surface area contributed by atoms with Crippen molar-refractivity contribution in [3.63, 3.8) is 0 Å². The van der Waals surface area contributed by atoms with Gasteiger partial charge in [-0.15, -0.1) is 0 Å². The van der Waals surface area contributed by atoms with E-state index in [1.807, 2.05) is 0 Å². The van der Waals surface area contributed by atoms with E-state index in [0.717, 1.165) is 30.0 Å². The molecule has 5 atom stereocenters. The van der Waals surface area contributed by atoms with Crippen LogP contribution in [0.15, 0.2) is 0 Å². The quantitative estimate of drug-likeness (QED) is 0.739. The van der Waals surface area contributed by atoms with Gasteiger partial charge in [-0.2, -0.15) is 0 Å². The van der Waals surface area contributed by atoms with E-state index in [1.165, 1.54) is 71.0 Å². The summed E-state index contributed by atoms with van der Waals surface area (Å²) in [5.74, 6) is 1.80. The normalized spacial score (nSPS) is 42.8. The second-order valence-corrected chi connectivity index (χ2v) is 7.60. The summed E-state index contributed by atoms with van der Waals surface area (Å²) in [4.78, 5) is 0. The number of hydrogen-bond acceptors (Lipinski definition) is 3. The lowest BCUT2D eigenvalue weighted by atomic mass is 9.85. The van der Waals surface area contributed by atoms with Crippen molar-refractivity contribution in [2.75, 3.05) is 19.6 Å². The van der Waals surface area contributed by atoms with E-state index in [9.17, 15) is 0 Å². The van der Waals surface area contributed by atoms with Gasteiger partial charge in [0.1, 0.15) is 0 Å². The summed E-state index contributed by atoms with van der Waals surface area (Å²) >= 11 is 0. The molecule has 3 heteroatoms. The molecular weight excluding hydrogens is 246 g/mol. The van der Waals surface area contributed by atoms with E-state index < -0.39 is 0 Å². The van der Waals surface area contributed by atoms with Gasteiger partial charge < -0.3 is 16.0 Å². The Bertz CT molecular complexity index is 272. The van der Waals surface area contributed by atoms with Crippen molar-refractivity contribution in [1.29, 1.82) is 0 Å². The maximum absolute atomic E-state index is 3.83. The molecule has 4 unspecified atom stereocenters. The third-order valence-electron chi connectivity index (χ3n) is 5.73. The second-order valence-electron chi connectivity index (χ2n) is 7.60. The minimum absolute atomic E-state index is 0.772. The molecule has 3 aliphatic rings. The van der Waals surface area contributed by atoms with Crippen molar-refractivity contribution in [1.82, 2.24) is 16.0 Å². The molecule has 0 saturated carbocycles. The first kappa shape index (κ1) is 14.8. The van der Waals surface area contributed by atoms with Crippen molar-refractivity contribution in [3.8, 4) is 0 Å². The van der Waals surface area contributed by atoms with E-state index in [1.54, 1.807) is 0 Å². The molecule has 0 radical (unpaired) electrons. The number of piperidine rings is 2. The van der Waals surface area contributed by atoms with Crippen molar-refractivity contribution < 1.29 is 0 Å². The first-order valence-corrected chi connectivity index (χ1v) is 8.99. The molecule has 3 N–H and O–H groups in total. The Hall–Kier alpha value is -0.120. The molecule has 3 rings (SSSR count). The van der Waals surface area contributed by atoms with Gasteiger partial charge in [0.25, 0.3) is 0 Å². The molecule has 0 amide bonds. The molecule has 0 aromatic carbocycles. The zero-order valence-electron chi connectivity index (χ0n) is 13.2. The number of hydrogen-bond donors (Lipinski definition) is 3. The topological polar surface area (TPSA) is 36.1 Å². The summed E-state index contributed by atoms with van der Waals surface area (Å²) in [5, 5.41) is 11.2. The van der Waals surface area contributed by atoms with Crippen LogP contribution >= 0.6 is 0 Å². The Morgan fingerprint density at radius 2 is 1.50 bits per heavy atom. The number of nitrogens with one attached hydrogen (secondary N) is 3. The average Bonchev–Trinajstić information content (AvgIpc) is 2.96. The smallest absolute Gasteiger partial charge is 0.00820 e. The van der Waals surface area contributed by atoms with Gasteiger partial charge >= 0.3 is 0 Å². The molecule has 3 saturated heterocycles. The van der Waals surface area contributed by atoms with Crippen molar-refractivity contribution in [3.05, 3.63) is 0 Å². The highest BCUT2D eigenvalue weighted by molar-refractivity contribution is 4.87. The highest BCUT2D eigenvalue weighted by Gasteiger charge is 2.27. The lowest BCUT2D eigenvalue weighted by Gasteiger charge is -2.35. The first-order valence-electron chi connectivity index (χ1n) is 8.99. The van der Waals surface area contributed by atoms with Gasteiger partial charge in [-0.3, -0.25) is 0 Å². The maximum Gasteiger partial charge on any atom is 0.00820 e. The largest absolute Gasteiger partial charge is 0.314 e. The van der Waals surface area contributed by atoms with E-state index in [0.29, 0.717) is 0 Å². The Morgan fingerprint density at radius 3 is 2.10 bits per heavy atom. The monoisotopic (exact) mass is 279 g/mol. The van der Waals surface area contributed by atoms with Gasteiger partial charge in [-0.05, 0) is 82.8 Å². The highest BCUT2D eigenvalue weighted by atomic mass is 15.0. The maximum atomic E-state index is 3.83. The van der Waals surface area contributed by atoms with Crippen LogP contribution in [0.3, 0.4) is 0 Å². The van der Waals surface area contributed by atoms with Crippen LogP contribution in [0.4, 0.5) is 0 Å². The van der Waals surface area contributed by atoms with Gasteiger partial charge in [-0.1, -0.05) is 6.92 Å². The Balaban J connectivity index is 1.33. The van der Waals surface area contributed by atoms with Gasteiger partial charge in [0.05, 0.1) is 0 Å². The van der Waals surface area contributed by atoms with E-state index in [2.05, 4.69) is 22.9 Å².